The lowest BCUT2D eigenvalue weighted by Crippen LogP contribution is -2.47. The number of benzene rings is 1. The highest BCUT2D eigenvalue weighted by Gasteiger charge is 2.54. The van der Waals surface area contributed by atoms with Gasteiger partial charge in [0.25, 0.3) is 0 Å². The summed E-state index contributed by atoms with van der Waals surface area (Å²) >= 11 is 3.67. The van der Waals surface area contributed by atoms with E-state index in [4.69, 9.17) is 0 Å². The third-order valence-electron chi connectivity index (χ3n) is 4.55. The van der Waals surface area contributed by atoms with Crippen LogP contribution >= 0.6 is 15.9 Å². The fourth-order valence-electron chi connectivity index (χ4n) is 3.37. The van der Waals surface area contributed by atoms with Crippen LogP contribution in [-0.2, 0) is 6.42 Å². The number of aliphatic hydroxyl groups is 1. The third-order valence-corrected chi connectivity index (χ3v) is 5.75. The maximum Gasteiger partial charge on any atom is 0.170 e. The molecule has 3 rings (SSSR count). The molecule has 3 heteroatoms. The molecule has 0 heterocycles. The fourth-order valence-corrected chi connectivity index (χ4v) is 4.67. The van der Waals surface area contributed by atoms with E-state index in [1.807, 2.05) is 25.1 Å². The van der Waals surface area contributed by atoms with E-state index >= 15 is 0 Å². The van der Waals surface area contributed by atoms with Crippen molar-refractivity contribution in [1.29, 1.82) is 0 Å². The van der Waals surface area contributed by atoms with Gasteiger partial charge in [-0.05, 0) is 38.2 Å². The number of Topliss-reactive ketones (excluding diaryl/α,β-unsaturated/α-hetero) is 1. The Labute approximate surface area is 116 Å². The molecule has 3 atom stereocenters. The molecule has 2 nitrogen and oxygen atoms in total. The van der Waals surface area contributed by atoms with Crippen LogP contribution in [-0.4, -0.2) is 21.3 Å². The minimum atomic E-state index is -0.644. The molecule has 18 heavy (non-hydrogen) atoms. The van der Waals surface area contributed by atoms with Crippen molar-refractivity contribution >= 4 is 21.7 Å². The predicted octanol–water partition coefficient (Wildman–Crippen LogP) is 3.11. The van der Waals surface area contributed by atoms with Crippen LogP contribution in [0.25, 0.3) is 0 Å². The first-order chi connectivity index (χ1) is 8.45. The number of hydrogen-bond acceptors (Lipinski definition) is 2. The molecular weight excluding hydrogens is 292 g/mol. The molecule has 0 bridgehead atoms. The highest BCUT2D eigenvalue weighted by atomic mass is 79.9. The van der Waals surface area contributed by atoms with E-state index < -0.39 is 5.60 Å². The van der Waals surface area contributed by atoms with Crippen LogP contribution < -0.4 is 0 Å². The number of carbonyl (C=O) groups is 1. The second kappa shape index (κ2) is 3.91. The standard InChI is InChI=1S/C15H17BrO2/c1-14(18)6-7-15(12(16)9-14)8-10-4-2-3-5-11(10)13(15)17/h2-5,12,18H,6-9H2,1H3. The van der Waals surface area contributed by atoms with Gasteiger partial charge < -0.3 is 5.11 Å². The molecular formula is C15H17BrO2. The molecule has 1 saturated carbocycles. The Balaban J connectivity index is 1.98. The summed E-state index contributed by atoms with van der Waals surface area (Å²) in [5.41, 5.74) is 1.07. The molecule has 1 aromatic carbocycles. The summed E-state index contributed by atoms with van der Waals surface area (Å²) in [6, 6.07) is 7.90. The lowest BCUT2D eigenvalue weighted by molar-refractivity contribution is -0.00640. The molecule has 0 amide bonds. The normalized spacial score (nSPS) is 39.1. The molecule has 1 fully saturated rings. The van der Waals surface area contributed by atoms with Gasteiger partial charge in [0.2, 0.25) is 0 Å². The third kappa shape index (κ3) is 1.68. The predicted molar refractivity (Wildman–Crippen MR) is 74.1 cm³/mol. The Bertz CT molecular complexity index is 509. The van der Waals surface area contributed by atoms with E-state index in [1.165, 1.54) is 0 Å². The van der Waals surface area contributed by atoms with Crippen molar-refractivity contribution in [3.63, 3.8) is 0 Å². The molecule has 0 saturated heterocycles. The Hall–Kier alpha value is -0.670. The van der Waals surface area contributed by atoms with Crippen molar-refractivity contribution in [1.82, 2.24) is 0 Å². The van der Waals surface area contributed by atoms with Crippen LogP contribution in [0.15, 0.2) is 24.3 Å². The van der Waals surface area contributed by atoms with Crippen molar-refractivity contribution < 1.29 is 9.90 Å². The minimum absolute atomic E-state index is 0.0636. The first-order valence-corrected chi connectivity index (χ1v) is 7.35. The summed E-state index contributed by atoms with van der Waals surface area (Å²) in [6.45, 7) is 1.86. The summed E-state index contributed by atoms with van der Waals surface area (Å²) in [6.07, 6.45) is 2.93. The topological polar surface area (TPSA) is 37.3 Å². The lowest BCUT2D eigenvalue weighted by atomic mass is 9.67. The van der Waals surface area contributed by atoms with Gasteiger partial charge in [0.15, 0.2) is 5.78 Å². The van der Waals surface area contributed by atoms with E-state index in [-0.39, 0.29) is 16.0 Å². The smallest absolute Gasteiger partial charge is 0.170 e. The summed E-state index contributed by atoms with van der Waals surface area (Å²) in [7, 11) is 0. The maximum atomic E-state index is 12.7. The van der Waals surface area contributed by atoms with Gasteiger partial charge in [-0.25, -0.2) is 0 Å². The number of alkyl halides is 1. The molecule has 0 aromatic heterocycles. The van der Waals surface area contributed by atoms with E-state index in [9.17, 15) is 9.90 Å². The van der Waals surface area contributed by atoms with E-state index in [0.717, 1.165) is 24.0 Å². The number of rotatable bonds is 0. The average molecular weight is 309 g/mol. The van der Waals surface area contributed by atoms with Crippen LogP contribution in [0.4, 0.5) is 0 Å². The van der Waals surface area contributed by atoms with Gasteiger partial charge in [0.1, 0.15) is 0 Å². The van der Waals surface area contributed by atoms with Crippen molar-refractivity contribution in [2.75, 3.05) is 0 Å². The Morgan fingerprint density at radius 1 is 1.33 bits per heavy atom. The van der Waals surface area contributed by atoms with Gasteiger partial charge in [-0.2, -0.15) is 0 Å². The monoisotopic (exact) mass is 308 g/mol. The van der Waals surface area contributed by atoms with Crippen molar-refractivity contribution in [2.45, 2.75) is 43.0 Å². The Morgan fingerprint density at radius 2 is 2.06 bits per heavy atom. The van der Waals surface area contributed by atoms with Gasteiger partial charge in [0, 0.05) is 10.4 Å². The molecule has 2 aliphatic rings. The molecule has 1 spiro atoms. The maximum absolute atomic E-state index is 12.7. The summed E-state index contributed by atoms with van der Waals surface area (Å²) in [4.78, 5) is 12.7. The van der Waals surface area contributed by atoms with Gasteiger partial charge in [0.05, 0.1) is 11.0 Å². The molecule has 1 N–H and O–H groups in total. The zero-order valence-electron chi connectivity index (χ0n) is 10.4. The molecule has 3 unspecified atom stereocenters. The van der Waals surface area contributed by atoms with Gasteiger partial charge >= 0.3 is 0 Å². The van der Waals surface area contributed by atoms with E-state index in [2.05, 4.69) is 22.0 Å². The van der Waals surface area contributed by atoms with Crippen molar-refractivity contribution in [2.24, 2.45) is 5.41 Å². The van der Waals surface area contributed by atoms with Crippen LogP contribution in [0.3, 0.4) is 0 Å². The number of carbonyl (C=O) groups excluding carboxylic acids is 1. The highest BCUT2D eigenvalue weighted by molar-refractivity contribution is 9.09. The summed E-state index contributed by atoms with van der Waals surface area (Å²) in [5, 5.41) is 10.2. The van der Waals surface area contributed by atoms with E-state index in [0.29, 0.717) is 12.8 Å². The van der Waals surface area contributed by atoms with Gasteiger partial charge in [-0.15, -0.1) is 0 Å². The van der Waals surface area contributed by atoms with Crippen molar-refractivity contribution in [3.8, 4) is 0 Å². The van der Waals surface area contributed by atoms with Gasteiger partial charge in [-0.3, -0.25) is 4.79 Å². The first kappa shape index (κ1) is 12.4. The van der Waals surface area contributed by atoms with E-state index in [1.54, 1.807) is 0 Å². The largest absolute Gasteiger partial charge is 0.390 e. The van der Waals surface area contributed by atoms with Crippen LogP contribution in [0.5, 0.6) is 0 Å². The first-order valence-electron chi connectivity index (χ1n) is 6.44. The van der Waals surface area contributed by atoms with Crippen LogP contribution in [0.2, 0.25) is 0 Å². The quantitative estimate of drug-likeness (QED) is 0.748. The highest BCUT2D eigenvalue weighted by Crippen LogP contribution is 2.52. The second-order valence-electron chi connectivity index (χ2n) is 5.99. The summed E-state index contributed by atoms with van der Waals surface area (Å²) < 4.78 is 0. The minimum Gasteiger partial charge on any atom is -0.390 e. The summed E-state index contributed by atoms with van der Waals surface area (Å²) in [5.74, 6) is 0.260. The average Bonchev–Trinajstić information content (AvgIpc) is 2.60. The SMILES string of the molecule is CC1(O)CCC2(Cc3ccccc3C2=O)C(Br)C1. The van der Waals surface area contributed by atoms with Gasteiger partial charge in [-0.1, -0.05) is 40.2 Å². The van der Waals surface area contributed by atoms with Crippen LogP contribution in [0, 0.1) is 5.41 Å². The van der Waals surface area contributed by atoms with Crippen LogP contribution in [0.1, 0.15) is 42.1 Å². The lowest BCUT2D eigenvalue weighted by Gasteiger charge is -2.43. The fraction of sp³-hybridized carbons (Fsp3) is 0.533. The Morgan fingerprint density at radius 3 is 2.72 bits per heavy atom. The molecule has 0 radical (unpaired) electrons. The number of halogens is 1. The molecule has 96 valence electrons. The zero-order chi connectivity index (χ0) is 13.0. The molecule has 0 aliphatic heterocycles. The molecule has 2 aliphatic carbocycles. The Kier molecular flexibility index (Phi) is 2.69. The number of hydrogen-bond donors (Lipinski definition) is 1. The number of ketones is 1. The molecule has 1 aromatic rings. The van der Waals surface area contributed by atoms with Crippen molar-refractivity contribution in [3.05, 3.63) is 35.4 Å². The second-order valence-corrected chi connectivity index (χ2v) is 7.09. The number of fused-ring (bicyclic) bond motifs is 1. The zero-order valence-corrected chi connectivity index (χ0v) is 12.0.